The Morgan fingerprint density at radius 1 is 1.25 bits per heavy atom. The van der Waals surface area contributed by atoms with Gasteiger partial charge in [-0.15, -0.1) is 0 Å². The van der Waals surface area contributed by atoms with Gasteiger partial charge in [-0.2, -0.15) is 5.10 Å². The molecular weight excluding hydrogens is 306 g/mol. The van der Waals surface area contributed by atoms with Crippen molar-refractivity contribution in [3.8, 4) is 11.3 Å². The molecule has 0 radical (unpaired) electrons. The topological polar surface area (TPSA) is 84.2 Å². The minimum atomic E-state index is -0.339. The molecule has 0 bridgehead atoms. The number of nitrogens with one attached hydrogen (secondary N) is 1. The summed E-state index contributed by atoms with van der Waals surface area (Å²) in [6.07, 6.45) is 0.840. The highest BCUT2D eigenvalue weighted by Crippen LogP contribution is 2.14. The molecular formula is C18H23N3O3. The number of rotatable bonds is 7. The highest BCUT2D eigenvalue weighted by atomic mass is 16.3. The highest BCUT2D eigenvalue weighted by molar-refractivity contribution is 5.76. The molecule has 1 aromatic heterocycles. The summed E-state index contributed by atoms with van der Waals surface area (Å²) in [6, 6.07) is 12.2. The Labute approximate surface area is 141 Å². The molecule has 2 N–H and O–H groups in total. The van der Waals surface area contributed by atoms with Gasteiger partial charge >= 0.3 is 0 Å². The Balaban J connectivity index is 2.14. The summed E-state index contributed by atoms with van der Waals surface area (Å²) in [6.45, 7) is 3.65. The first-order valence-corrected chi connectivity index (χ1v) is 8.09. The van der Waals surface area contributed by atoms with Crippen LogP contribution in [0.4, 0.5) is 0 Å². The maximum atomic E-state index is 12.2. The molecule has 1 aromatic carbocycles. The van der Waals surface area contributed by atoms with E-state index in [0.29, 0.717) is 5.69 Å². The molecule has 24 heavy (non-hydrogen) atoms. The fourth-order valence-corrected chi connectivity index (χ4v) is 2.37. The van der Waals surface area contributed by atoms with Crippen LogP contribution >= 0.6 is 0 Å². The molecule has 0 unspecified atom stereocenters. The molecule has 1 heterocycles. The van der Waals surface area contributed by atoms with Crippen molar-refractivity contribution in [3.05, 3.63) is 52.8 Å². The third-order valence-electron chi connectivity index (χ3n) is 4.10. The summed E-state index contributed by atoms with van der Waals surface area (Å²) >= 11 is 0. The molecule has 0 spiro atoms. The second-order valence-electron chi connectivity index (χ2n) is 5.82. The number of aliphatic hydroxyl groups excluding tert-OH is 1. The van der Waals surface area contributed by atoms with Crippen LogP contribution < -0.4 is 10.9 Å². The van der Waals surface area contributed by atoms with Crippen molar-refractivity contribution >= 4 is 5.91 Å². The van der Waals surface area contributed by atoms with Crippen LogP contribution in [0.15, 0.2) is 47.3 Å². The molecule has 0 fully saturated rings. The average molecular weight is 329 g/mol. The number of carbonyl (C=O) groups is 1. The van der Waals surface area contributed by atoms with Crippen LogP contribution in [0.2, 0.25) is 0 Å². The van der Waals surface area contributed by atoms with Gasteiger partial charge in [0.25, 0.3) is 5.56 Å². The van der Waals surface area contributed by atoms with Crippen molar-refractivity contribution in [1.29, 1.82) is 0 Å². The zero-order chi connectivity index (χ0) is 17.5. The van der Waals surface area contributed by atoms with Crippen molar-refractivity contribution in [3.63, 3.8) is 0 Å². The number of benzene rings is 1. The number of hydrogen-bond donors (Lipinski definition) is 2. The average Bonchev–Trinajstić information content (AvgIpc) is 2.61. The van der Waals surface area contributed by atoms with E-state index < -0.39 is 0 Å². The molecule has 2 aromatic rings. The molecule has 0 aliphatic rings. The Bertz CT molecular complexity index is 728. The molecule has 1 amide bonds. The maximum absolute atomic E-state index is 12.2. The van der Waals surface area contributed by atoms with Gasteiger partial charge in [-0.1, -0.05) is 50.6 Å². The van der Waals surface area contributed by atoms with E-state index >= 15 is 0 Å². The van der Waals surface area contributed by atoms with Crippen molar-refractivity contribution in [2.24, 2.45) is 5.92 Å². The Hall–Kier alpha value is -2.47. The highest BCUT2D eigenvalue weighted by Gasteiger charge is 2.18. The van der Waals surface area contributed by atoms with E-state index in [1.54, 1.807) is 6.07 Å². The third kappa shape index (κ3) is 4.52. The lowest BCUT2D eigenvalue weighted by molar-refractivity contribution is -0.123. The summed E-state index contributed by atoms with van der Waals surface area (Å²) in [7, 11) is 0. The van der Waals surface area contributed by atoms with E-state index in [2.05, 4.69) is 10.4 Å². The van der Waals surface area contributed by atoms with Crippen LogP contribution in [0.5, 0.6) is 0 Å². The zero-order valence-electron chi connectivity index (χ0n) is 14.0. The standard InChI is InChI=1S/C18H23N3O3/c1-3-13(2)16(12-22)19-17(23)11-21-18(24)10-9-15(20-21)14-7-5-4-6-8-14/h4-10,13,16,22H,3,11-12H2,1-2H3,(H,19,23)/t13-,16-/m1/s1. The smallest absolute Gasteiger partial charge is 0.267 e. The maximum Gasteiger partial charge on any atom is 0.267 e. The Morgan fingerprint density at radius 3 is 2.58 bits per heavy atom. The molecule has 128 valence electrons. The molecule has 2 atom stereocenters. The van der Waals surface area contributed by atoms with Crippen LogP contribution in [0.1, 0.15) is 20.3 Å². The van der Waals surface area contributed by atoms with E-state index in [1.807, 2.05) is 44.2 Å². The Morgan fingerprint density at radius 2 is 1.96 bits per heavy atom. The van der Waals surface area contributed by atoms with Crippen LogP contribution in [0.3, 0.4) is 0 Å². The number of carbonyl (C=O) groups excluding carboxylic acids is 1. The molecule has 6 nitrogen and oxygen atoms in total. The third-order valence-corrected chi connectivity index (χ3v) is 4.10. The zero-order valence-corrected chi connectivity index (χ0v) is 14.0. The molecule has 0 saturated carbocycles. The van der Waals surface area contributed by atoms with Gasteiger partial charge in [-0.05, 0) is 12.0 Å². The molecule has 0 saturated heterocycles. The lowest BCUT2D eigenvalue weighted by Crippen LogP contribution is -2.44. The fourth-order valence-electron chi connectivity index (χ4n) is 2.37. The van der Waals surface area contributed by atoms with Crippen LogP contribution in [0.25, 0.3) is 11.3 Å². The quantitative estimate of drug-likeness (QED) is 0.805. The van der Waals surface area contributed by atoms with E-state index in [-0.39, 0.29) is 36.6 Å². The monoisotopic (exact) mass is 329 g/mol. The van der Waals surface area contributed by atoms with Gasteiger partial charge in [-0.3, -0.25) is 9.59 Å². The minimum absolute atomic E-state index is 0.132. The Kier molecular flexibility index (Phi) is 6.26. The van der Waals surface area contributed by atoms with Gasteiger partial charge < -0.3 is 10.4 Å². The van der Waals surface area contributed by atoms with Gasteiger partial charge in [0.15, 0.2) is 0 Å². The first kappa shape index (κ1) is 17.9. The van der Waals surface area contributed by atoms with Crippen LogP contribution in [-0.2, 0) is 11.3 Å². The van der Waals surface area contributed by atoms with Crippen molar-refractivity contribution in [1.82, 2.24) is 15.1 Å². The number of nitrogens with zero attached hydrogens (tertiary/aromatic N) is 2. The van der Waals surface area contributed by atoms with Crippen molar-refractivity contribution in [2.75, 3.05) is 6.61 Å². The normalized spacial score (nSPS) is 13.3. The number of hydrogen-bond acceptors (Lipinski definition) is 4. The summed E-state index contributed by atoms with van der Waals surface area (Å²) < 4.78 is 1.14. The van der Waals surface area contributed by atoms with Gasteiger partial charge in [0, 0.05) is 11.6 Å². The van der Waals surface area contributed by atoms with E-state index in [4.69, 9.17) is 0 Å². The van der Waals surface area contributed by atoms with Crippen LogP contribution in [0, 0.1) is 5.92 Å². The predicted molar refractivity (Wildman–Crippen MR) is 92.4 cm³/mol. The van der Waals surface area contributed by atoms with Gasteiger partial charge in [0.05, 0.1) is 18.3 Å². The van der Waals surface area contributed by atoms with Gasteiger partial charge in [0.1, 0.15) is 6.54 Å². The van der Waals surface area contributed by atoms with Crippen LogP contribution in [-0.4, -0.2) is 33.4 Å². The first-order valence-electron chi connectivity index (χ1n) is 8.09. The fraction of sp³-hybridized carbons (Fsp3) is 0.389. The lowest BCUT2D eigenvalue weighted by atomic mass is 10.00. The van der Waals surface area contributed by atoms with E-state index in [9.17, 15) is 14.7 Å². The number of aromatic nitrogens is 2. The SMILES string of the molecule is CC[C@@H](C)[C@@H](CO)NC(=O)Cn1nc(-c2ccccc2)ccc1=O. The summed E-state index contributed by atoms with van der Waals surface area (Å²) in [5.41, 5.74) is 1.16. The second kappa shape index (κ2) is 8.40. The molecule has 0 aliphatic carbocycles. The molecule has 6 heteroatoms. The summed E-state index contributed by atoms with van der Waals surface area (Å²) in [5, 5.41) is 16.4. The van der Waals surface area contributed by atoms with E-state index in [0.717, 1.165) is 16.7 Å². The minimum Gasteiger partial charge on any atom is -0.394 e. The van der Waals surface area contributed by atoms with Gasteiger partial charge in [-0.25, -0.2) is 4.68 Å². The van der Waals surface area contributed by atoms with Crippen molar-refractivity contribution < 1.29 is 9.90 Å². The van der Waals surface area contributed by atoms with E-state index in [1.165, 1.54) is 6.07 Å². The summed E-state index contributed by atoms with van der Waals surface area (Å²) in [5.74, 6) is -0.187. The second-order valence-corrected chi connectivity index (χ2v) is 5.82. The van der Waals surface area contributed by atoms with Gasteiger partial charge in [0.2, 0.25) is 5.91 Å². The number of aliphatic hydroxyl groups is 1. The first-order chi connectivity index (χ1) is 11.5. The molecule has 2 rings (SSSR count). The summed E-state index contributed by atoms with van der Waals surface area (Å²) in [4.78, 5) is 24.1. The number of amides is 1. The predicted octanol–water partition coefficient (Wildman–Crippen LogP) is 1.43. The molecule has 0 aliphatic heterocycles. The van der Waals surface area contributed by atoms with Crippen molar-refractivity contribution in [2.45, 2.75) is 32.9 Å². The largest absolute Gasteiger partial charge is 0.394 e. The lowest BCUT2D eigenvalue weighted by Gasteiger charge is -2.22.